The van der Waals surface area contributed by atoms with Crippen LogP contribution in [0.2, 0.25) is 0 Å². The van der Waals surface area contributed by atoms with E-state index in [0.29, 0.717) is 17.9 Å². The highest BCUT2D eigenvalue weighted by molar-refractivity contribution is 6.29. The van der Waals surface area contributed by atoms with Gasteiger partial charge in [-0.3, -0.25) is 10.1 Å². The van der Waals surface area contributed by atoms with Gasteiger partial charge in [0.1, 0.15) is 5.75 Å². The lowest BCUT2D eigenvalue weighted by Crippen LogP contribution is -2.37. The highest BCUT2D eigenvalue weighted by Gasteiger charge is 2.19. The number of nitrogens with zero attached hydrogens (tertiary/aromatic N) is 4. The molecule has 7 heteroatoms. The topological polar surface area (TPSA) is 88.8 Å². The van der Waals surface area contributed by atoms with Crippen molar-refractivity contribution < 1.29 is 9.53 Å². The van der Waals surface area contributed by atoms with Crippen LogP contribution >= 0.6 is 0 Å². The monoisotopic (exact) mass is 323 g/mol. The first-order valence-electron chi connectivity index (χ1n) is 7.53. The Hall–Kier alpha value is -3.09. The smallest absolute Gasteiger partial charge is 0.259 e. The molecule has 0 bridgehead atoms. The van der Waals surface area contributed by atoms with E-state index in [1.807, 2.05) is 32.0 Å². The van der Waals surface area contributed by atoms with Gasteiger partial charge in [-0.1, -0.05) is 6.58 Å². The summed E-state index contributed by atoms with van der Waals surface area (Å²) in [7, 11) is 0. The van der Waals surface area contributed by atoms with E-state index in [4.69, 9.17) is 4.74 Å². The van der Waals surface area contributed by atoms with Gasteiger partial charge in [-0.15, -0.1) is 0 Å². The summed E-state index contributed by atoms with van der Waals surface area (Å²) in [6.45, 7) is 9.77. The van der Waals surface area contributed by atoms with Crippen LogP contribution in [0.4, 0.5) is 5.95 Å². The molecule has 2 heterocycles. The molecule has 122 valence electrons. The van der Waals surface area contributed by atoms with Gasteiger partial charge in [0.15, 0.2) is 0 Å². The zero-order chi connectivity index (χ0) is 17.3. The predicted octanol–water partition coefficient (Wildman–Crippen LogP) is 2.47. The first-order valence-corrected chi connectivity index (χ1v) is 7.53. The molecule has 1 aromatic carbocycles. The Balaban J connectivity index is 2.02. The normalized spacial score (nSPS) is 16.3. The second kappa shape index (κ2) is 6.19. The van der Waals surface area contributed by atoms with Gasteiger partial charge in [0, 0.05) is 5.39 Å². The predicted molar refractivity (Wildman–Crippen MR) is 92.9 cm³/mol. The molecule has 0 atom stereocenters. The van der Waals surface area contributed by atoms with Gasteiger partial charge in [0.05, 0.1) is 29.1 Å². The molecule has 0 unspecified atom stereocenters. The van der Waals surface area contributed by atoms with E-state index in [9.17, 15) is 4.79 Å². The SMILES string of the molecule is C=C1C(=O)N/C(=N\c2nc(C)c3cc(OCC)ccc3n2)N=C1C. The number of carbonyl (C=O) groups is 1. The van der Waals surface area contributed by atoms with Gasteiger partial charge in [-0.25, -0.2) is 15.0 Å². The molecule has 0 saturated carbocycles. The van der Waals surface area contributed by atoms with Gasteiger partial charge in [0.2, 0.25) is 5.96 Å². The fourth-order valence-electron chi connectivity index (χ4n) is 2.30. The molecular formula is C17H17N5O2. The zero-order valence-electron chi connectivity index (χ0n) is 13.8. The summed E-state index contributed by atoms with van der Waals surface area (Å²) in [5.41, 5.74) is 2.37. The molecule has 1 aromatic heterocycles. The van der Waals surface area contributed by atoms with Crippen molar-refractivity contribution in [3.63, 3.8) is 0 Å². The minimum atomic E-state index is -0.319. The molecule has 0 aliphatic carbocycles. The molecule has 1 amide bonds. The lowest BCUT2D eigenvalue weighted by atomic mass is 10.2. The van der Waals surface area contributed by atoms with Crippen LogP contribution in [0.5, 0.6) is 5.75 Å². The number of rotatable bonds is 3. The quantitative estimate of drug-likeness (QED) is 0.879. The Bertz CT molecular complexity index is 915. The highest BCUT2D eigenvalue weighted by atomic mass is 16.5. The maximum Gasteiger partial charge on any atom is 0.259 e. The Morgan fingerprint density at radius 1 is 1.29 bits per heavy atom. The summed E-state index contributed by atoms with van der Waals surface area (Å²) < 4.78 is 5.50. The number of aromatic nitrogens is 2. The highest BCUT2D eigenvalue weighted by Crippen LogP contribution is 2.23. The maximum absolute atomic E-state index is 11.8. The van der Waals surface area contributed by atoms with Crippen molar-refractivity contribution in [2.24, 2.45) is 9.98 Å². The molecule has 2 aromatic rings. The van der Waals surface area contributed by atoms with Crippen molar-refractivity contribution in [1.82, 2.24) is 15.3 Å². The van der Waals surface area contributed by atoms with Crippen LogP contribution in [-0.2, 0) is 4.79 Å². The first kappa shape index (κ1) is 15.8. The first-order chi connectivity index (χ1) is 11.5. The molecule has 0 fully saturated rings. The Morgan fingerprint density at radius 2 is 2.08 bits per heavy atom. The second-order valence-electron chi connectivity index (χ2n) is 5.29. The molecule has 0 spiro atoms. The largest absolute Gasteiger partial charge is 0.494 e. The van der Waals surface area contributed by atoms with Crippen LogP contribution < -0.4 is 10.1 Å². The lowest BCUT2D eigenvalue weighted by Gasteiger charge is -2.13. The number of hydrogen-bond acceptors (Lipinski definition) is 5. The van der Waals surface area contributed by atoms with E-state index in [2.05, 4.69) is 31.8 Å². The third kappa shape index (κ3) is 3.01. The summed E-state index contributed by atoms with van der Waals surface area (Å²) in [5, 5.41) is 3.46. The lowest BCUT2D eigenvalue weighted by molar-refractivity contribution is -0.115. The number of aliphatic imine (C=N–C) groups is 2. The van der Waals surface area contributed by atoms with E-state index < -0.39 is 0 Å². The Labute approximate surface area is 139 Å². The summed E-state index contributed by atoms with van der Waals surface area (Å²) in [6.07, 6.45) is 0. The van der Waals surface area contributed by atoms with Crippen LogP contribution in [0.3, 0.4) is 0 Å². The zero-order valence-corrected chi connectivity index (χ0v) is 13.8. The molecule has 7 nitrogen and oxygen atoms in total. The second-order valence-corrected chi connectivity index (χ2v) is 5.29. The van der Waals surface area contributed by atoms with E-state index in [0.717, 1.165) is 22.3 Å². The average molecular weight is 323 g/mol. The minimum absolute atomic E-state index is 0.162. The molecule has 1 aliphatic rings. The minimum Gasteiger partial charge on any atom is -0.494 e. The molecular weight excluding hydrogens is 306 g/mol. The number of amides is 1. The van der Waals surface area contributed by atoms with E-state index in [1.165, 1.54) is 0 Å². The molecule has 0 saturated heterocycles. The van der Waals surface area contributed by atoms with E-state index in [1.54, 1.807) is 6.92 Å². The Kier molecular flexibility index (Phi) is 4.07. The number of fused-ring (bicyclic) bond motifs is 1. The van der Waals surface area contributed by atoms with Crippen LogP contribution in [0, 0.1) is 6.92 Å². The summed E-state index contributed by atoms with van der Waals surface area (Å²) in [4.78, 5) is 28.9. The number of ether oxygens (including phenoxy) is 1. The maximum atomic E-state index is 11.8. The third-order valence-electron chi connectivity index (χ3n) is 3.57. The van der Waals surface area contributed by atoms with Crippen molar-refractivity contribution in [3.05, 3.63) is 36.0 Å². The summed E-state index contributed by atoms with van der Waals surface area (Å²) in [5.74, 6) is 0.854. The van der Waals surface area contributed by atoms with Crippen LogP contribution in [0.15, 0.2) is 40.3 Å². The number of nitrogens with one attached hydrogen (secondary N) is 1. The van der Waals surface area contributed by atoms with Crippen molar-refractivity contribution in [3.8, 4) is 5.75 Å². The fourth-order valence-corrected chi connectivity index (χ4v) is 2.30. The Morgan fingerprint density at radius 3 is 2.79 bits per heavy atom. The van der Waals surface area contributed by atoms with Crippen molar-refractivity contribution in [2.45, 2.75) is 20.8 Å². The van der Waals surface area contributed by atoms with E-state index >= 15 is 0 Å². The fraction of sp³-hybridized carbons (Fsp3) is 0.235. The van der Waals surface area contributed by atoms with Gasteiger partial charge in [-0.05, 0) is 39.0 Å². The van der Waals surface area contributed by atoms with Crippen molar-refractivity contribution in [1.29, 1.82) is 0 Å². The van der Waals surface area contributed by atoms with Gasteiger partial charge in [-0.2, -0.15) is 4.99 Å². The summed E-state index contributed by atoms with van der Waals surface area (Å²) >= 11 is 0. The molecule has 1 N–H and O–H groups in total. The van der Waals surface area contributed by atoms with Gasteiger partial charge in [0.25, 0.3) is 11.9 Å². The third-order valence-corrected chi connectivity index (χ3v) is 3.57. The molecule has 3 rings (SSSR count). The van der Waals surface area contributed by atoms with Crippen molar-refractivity contribution >= 4 is 34.4 Å². The van der Waals surface area contributed by atoms with Gasteiger partial charge < -0.3 is 4.74 Å². The van der Waals surface area contributed by atoms with E-state index in [-0.39, 0.29) is 17.8 Å². The number of hydrogen-bond donors (Lipinski definition) is 1. The average Bonchev–Trinajstić information content (AvgIpc) is 2.53. The number of aryl methyl sites for hydroxylation is 1. The van der Waals surface area contributed by atoms with Gasteiger partial charge >= 0.3 is 0 Å². The van der Waals surface area contributed by atoms with Crippen molar-refractivity contribution in [2.75, 3.05) is 6.61 Å². The molecule has 1 aliphatic heterocycles. The van der Waals surface area contributed by atoms with Crippen LogP contribution in [0.1, 0.15) is 19.5 Å². The number of benzene rings is 1. The van der Waals surface area contributed by atoms with Crippen LogP contribution in [-0.4, -0.2) is 34.2 Å². The van der Waals surface area contributed by atoms with Crippen LogP contribution in [0.25, 0.3) is 10.9 Å². The molecule has 0 radical (unpaired) electrons. The molecule has 24 heavy (non-hydrogen) atoms. The number of guanidine groups is 1. The standard InChI is InChI=1S/C17H17N5O2/c1-5-24-12-6-7-14-13(8-12)11(4)19-16(20-14)22-17-18-10(3)9(2)15(23)21-17/h6-8H,2,5H2,1,3-4H3,(H,19,20,21,22,23). The summed E-state index contributed by atoms with van der Waals surface area (Å²) in [6, 6.07) is 5.61. The number of carbonyl (C=O) groups excluding carboxylic acids is 1.